The molecule has 23 heavy (non-hydrogen) atoms. The molecule has 1 N–H and O–H groups in total. The summed E-state index contributed by atoms with van der Waals surface area (Å²) in [6, 6.07) is 15.9. The number of thioether (sulfide) groups is 1. The van der Waals surface area contributed by atoms with Crippen molar-refractivity contribution in [2.75, 3.05) is 11.1 Å². The molecule has 2 aromatic carbocycles. The van der Waals surface area contributed by atoms with E-state index >= 15 is 0 Å². The predicted octanol–water partition coefficient (Wildman–Crippen LogP) is 4.85. The zero-order valence-corrected chi connectivity index (χ0v) is 14.3. The number of nitrogens with zero attached hydrogens (tertiary/aromatic N) is 1. The second-order valence-corrected chi connectivity index (χ2v) is 6.93. The number of thiazole rings is 1. The van der Waals surface area contributed by atoms with Gasteiger partial charge in [0.2, 0.25) is 5.91 Å². The molecule has 0 radical (unpaired) electrons. The molecule has 0 unspecified atom stereocenters. The molecule has 0 saturated heterocycles. The number of carbonyl (C=O) groups is 1. The summed E-state index contributed by atoms with van der Waals surface area (Å²) in [5, 5.41) is 5.86. The van der Waals surface area contributed by atoms with E-state index in [0.29, 0.717) is 5.75 Å². The maximum atomic E-state index is 12.1. The van der Waals surface area contributed by atoms with Gasteiger partial charge >= 0.3 is 0 Å². The van der Waals surface area contributed by atoms with Crippen LogP contribution in [0, 0.1) is 6.92 Å². The predicted molar refractivity (Wildman–Crippen MR) is 98.1 cm³/mol. The van der Waals surface area contributed by atoms with Crippen molar-refractivity contribution in [3.05, 3.63) is 65.7 Å². The molecule has 0 aliphatic carbocycles. The van der Waals surface area contributed by atoms with Gasteiger partial charge in [0.1, 0.15) is 5.01 Å². The van der Waals surface area contributed by atoms with E-state index < -0.39 is 0 Å². The second-order valence-electron chi connectivity index (χ2n) is 5.02. The normalized spacial score (nSPS) is 10.5. The lowest BCUT2D eigenvalue weighted by atomic mass is 10.2. The van der Waals surface area contributed by atoms with Gasteiger partial charge in [-0.1, -0.05) is 18.2 Å². The molecule has 0 aliphatic rings. The number of aryl methyl sites for hydroxylation is 1. The van der Waals surface area contributed by atoms with E-state index in [4.69, 9.17) is 0 Å². The van der Waals surface area contributed by atoms with E-state index in [9.17, 15) is 4.79 Å². The molecule has 116 valence electrons. The minimum absolute atomic E-state index is 0.000233. The highest BCUT2D eigenvalue weighted by Gasteiger charge is 2.06. The fraction of sp³-hybridized carbons (Fsp3) is 0.111. The van der Waals surface area contributed by atoms with E-state index in [2.05, 4.69) is 23.3 Å². The first-order chi connectivity index (χ1) is 11.2. The lowest BCUT2D eigenvalue weighted by Gasteiger charge is -2.07. The van der Waals surface area contributed by atoms with Crippen molar-refractivity contribution in [2.24, 2.45) is 0 Å². The Hall–Kier alpha value is -2.11. The molecule has 0 saturated carbocycles. The molecule has 5 heteroatoms. The number of carbonyl (C=O) groups excluding carboxylic acids is 1. The van der Waals surface area contributed by atoms with Gasteiger partial charge in [0, 0.05) is 27.7 Å². The fourth-order valence-electron chi connectivity index (χ4n) is 2.12. The maximum absolute atomic E-state index is 12.1. The van der Waals surface area contributed by atoms with Gasteiger partial charge in [0.05, 0.1) is 5.75 Å². The third-order valence-electron chi connectivity index (χ3n) is 3.30. The standard InChI is InChI=1S/C18H16N2OS2/c1-13-4-2-3-5-16(13)23-12-17(21)20-15-8-6-14(7-9-15)18-19-10-11-22-18/h2-11H,12H2,1H3,(H,20,21). The van der Waals surface area contributed by atoms with Crippen LogP contribution in [0.25, 0.3) is 10.6 Å². The quantitative estimate of drug-likeness (QED) is 0.675. The number of nitrogens with one attached hydrogen (secondary N) is 1. The first-order valence-corrected chi connectivity index (χ1v) is 9.07. The van der Waals surface area contributed by atoms with E-state index in [1.165, 1.54) is 5.56 Å². The molecule has 3 nitrogen and oxygen atoms in total. The molecule has 0 aliphatic heterocycles. The molecule has 3 aromatic rings. The lowest BCUT2D eigenvalue weighted by Crippen LogP contribution is -2.13. The lowest BCUT2D eigenvalue weighted by molar-refractivity contribution is -0.113. The minimum Gasteiger partial charge on any atom is -0.325 e. The van der Waals surface area contributed by atoms with Crippen molar-refractivity contribution in [1.29, 1.82) is 0 Å². The van der Waals surface area contributed by atoms with Gasteiger partial charge in [-0.25, -0.2) is 4.98 Å². The first-order valence-electron chi connectivity index (χ1n) is 7.20. The molecule has 1 aromatic heterocycles. The minimum atomic E-state index is 0.000233. The number of hydrogen-bond donors (Lipinski definition) is 1. The number of anilines is 1. The number of aromatic nitrogens is 1. The largest absolute Gasteiger partial charge is 0.325 e. The second kappa shape index (κ2) is 7.44. The molecule has 0 fully saturated rings. The van der Waals surface area contributed by atoms with Crippen LogP contribution < -0.4 is 5.32 Å². The molecule has 0 atom stereocenters. The summed E-state index contributed by atoms with van der Waals surface area (Å²) in [6.07, 6.45) is 1.79. The van der Waals surface area contributed by atoms with E-state index in [1.807, 2.05) is 47.8 Å². The summed E-state index contributed by atoms with van der Waals surface area (Å²) in [7, 11) is 0. The summed E-state index contributed by atoms with van der Waals surface area (Å²) in [5.74, 6) is 0.402. The third kappa shape index (κ3) is 4.21. The Balaban J connectivity index is 1.57. The van der Waals surface area contributed by atoms with Crippen LogP contribution in [0.5, 0.6) is 0 Å². The van der Waals surface area contributed by atoms with Gasteiger partial charge in [-0.3, -0.25) is 4.79 Å². The number of amides is 1. The summed E-state index contributed by atoms with van der Waals surface area (Å²) in [4.78, 5) is 17.5. The molecule has 1 amide bonds. The van der Waals surface area contributed by atoms with Crippen molar-refractivity contribution in [2.45, 2.75) is 11.8 Å². The van der Waals surface area contributed by atoms with Gasteiger partial charge in [-0.15, -0.1) is 23.1 Å². The van der Waals surface area contributed by atoms with Crippen LogP contribution >= 0.6 is 23.1 Å². The van der Waals surface area contributed by atoms with Crippen molar-refractivity contribution < 1.29 is 4.79 Å². The molecule has 0 spiro atoms. The average Bonchev–Trinajstić information content (AvgIpc) is 3.09. The van der Waals surface area contributed by atoms with E-state index in [-0.39, 0.29) is 5.91 Å². The number of hydrogen-bond acceptors (Lipinski definition) is 4. The summed E-state index contributed by atoms with van der Waals surface area (Å²) in [6.45, 7) is 2.05. The van der Waals surface area contributed by atoms with Gasteiger partial charge in [0.15, 0.2) is 0 Å². The van der Waals surface area contributed by atoms with Crippen molar-refractivity contribution in [3.8, 4) is 10.6 Å². The molecule has 1 heterocycles. The summed E-state index contributed by atoms with van der Waals surface area (Å²) >= 11 is 3.16. The maximum Gasteiger partial charge on any atom is 0.234 e. The van der Waals surface area contributed by atoms with Crippen LogP contribution in [-0.2, 0) is 4.79 Å². The van der Waals surface area contributed by atoms with Crippen LogP contribution in [0.15, 0.2) is 65.0 Å². The topological polar surface area (TPSA) is 42.0 Å². The zero-order chi connectivity index (χ0) is 16.1. The number of benzene rings is 2. The third-order valence-corrected chi connectivity index (χ3v) is 5.30. The van der Waals surface area contributed by atoms with Crippen molar-refractivity contribution in [1.82, 2.24) is 4.98 Å². The van der Waals surface area contributed by atoms with Crippen LogP contribution in [-0.4, -0.2) is 16.6 Å². The van der Waals surface area contributed by atoms with Gasteiger partial charge < -0.3 is 5.32 Å². The highest BCUT2D eigenvalue weighted by Crippen LogP contribution is 2.24. The van der Waals surface area contributed by atoms with Crippen molar-refractivity contribution in [3.63, 3.8) is 0 Å². The Morgan fingerprint density at radius 1 is 1.17 bits per heavy atom. The van der Waals surface area contributed by atoms with E-state index in [1.54, 1.807) is 29.3 Å². The molecule has 3 rings (SSSR count). The fourth-order valence-corrected chi connectivity index (χ4v) is 3.59. The van der Waals surface area contributed by atoms with Gasteiger partial charge in [-0.05, 0) is 42.8 Å². The van der Waals surface area contributed by atoms with Crippen LogP contribution in [0.4, 0.5) is 5.69 Å². The molecular formula is C18H16N2OS2. The Kier molecular flexibility index (Phi) is 5.10. The highest BCUT2D eigenvalue weighted by molar-refractivity contribution is 8.00. The SMILES string of the molecule is Cc1ccccc1SCC(=O)Nc1ccc(-c2nccs2)cc1. The highest BCUT2D eigenvalue weighted by atomic mass is 32.2. The van der Waals surface area contributed by atoms with Crippen LogP contribution in [0.3, 0.4) is 0 Å². The Morgan fingerprint density at radius 3 is 2.65 bits per heavy atom. The zero-order valence-electron chi connectivity index (χ0n) is 12.7. The van der Waals surface area contributed by atoms with Gasteiger partial charge in [-0.2, -0.15) is 0 Å². The first kappa shape index (κ1) is 15.8. The average molecular weight is 340 g/mol. The van der Waals surface area contributed by atoms with Gasteiger partial charge in [0.25, 0.3) is 0 Å². The van der Waals surface area contributed by atoms with Crippen molar-refractivity contribution >= 4 is 34.7 Å². The monoisotopic (exact) mass is 340 g/mol. The van der Waals surface area contributed by atoms with Crippen LogP contribution in [0.2, 0.25) is 0 Å². The van der Waals surface area contributed by atoms with E-state index in [0.717, 1.165) is 21.2 Å². The molecular weight excluding hydrogens is 324 g/mol. The molecule has 0 bridgehead atoms. The number of rotatable bonds is 5. The Bertz CT molecular complexity index is 783. The Morgan fingerprint density at radius 2 is 1.96 bits per heavy atom. The van der Waals surface area contributed by atoms with Crippen LogP contribution in [0.1, 0.15) is 5.56 Å². The summed E-state index contributed by atoms with van der Waals surface area (Å²) < 4.78 is 0. The summed E-state index contributed by atoms with van der Waals surface area (Å²) in [5.41, 5.74) is 3.06. The smallest absolute Gasteiger partial charge is 0.234 e. The Labute approximate surface area is 143 Å².